The van der Waals surface area contributed by atoms with Crippen LogP contribution in [0.3, 0.4) is 0 Å². The van der Waals surface area contributed by atoms with Gasteiger partial charge in [0.25, 0.3) is 5.78 Å². The van der Waals surface area contributed by atoms with E-state index in [1.165, 1.54) is 30.3 Å². The molecule has 31 heavy (non-hydrogen) atoms. The van der Waals surface area contributed by atoms with Crippen molar-refractivity contribution in [2.45, 2.75) is 6.04 Å². The van der Waals surface area contributed by atoms with Gasteiger partial charge in [-0.1, -0.05) is 23.7 Å². The maximum atomic E-state index is 13.0. The number of aromatic nitrogens is 1. The van der Waals surface area contributed by atoms with Crippen molar-refractivity contribution in [3.8, 4) is 11.5 Å². The van der Waals surface area contributed by atoms with Gasteiger partial charge in [0, 0.05) is 16.8 Å². The predicted octanol–water partition coefficient (Wildman–Crippen LogP) is 4.08. The Kier molecular flexibility index (Phi) is 5.35. The Morgan fingerprint density at radius 1 is 1.10 bits per heavy atom. The number of halogens is 1. The minimum absolute atomic E-state index is 0.0984. The minimum Gasteiger partial charge on any atom is -0.507 e. The molecule has 1 fully saturated rings. The van der Waals surface area contributed by atoms with E-state index in [-0.39, 0.29) is 28.6 Å². The molecule has 7 nitrogen and oxygen atoms in total. The molecule has 156 valence electrons. The Labute approximate surface area is 182 Å². The van der Waals surface area contributed by atoms with Gasteiger partial charge in [-0.05, 0) is 54.1 Å². The average Bonchev–Trinajstić information content (AvgIpc) is 3.05. The molecule has 2 N–H and O–H groups in total. The summed E-state index contributed by atoms with van der Waals surface area (Å²) in [6, 6.07) is 14.7. The maximum absolute atomic E-state index is 13.0. The van der Waals surface area contributed by atoms with Crippen molar-refractivity contribution in [1.29, 1.82) is 0 Å². The van der Waals surface area contributed by atoms with Crippen LogP contribution in [0.1, 0.15) is 17.2 Å². The highest BCUT2D eigenvalue weighted by atomic mass is 35.5. The van der Waals surface area contributed by atoms with Crippen LogP contribution in [0.5, 0.6) is 11.5 Å². The fourth-order valence-corrected chi connectivity index (χ4v) is 3.63. The van der Waals surface area contributed by atoms with Gasteiger partial charge in [0.05, 0.1) is 18.7 Å². The Morgan fingerprint density at radius 3 is 2.48 bits per heavy atom. The monoisotopic (exact) mass is 436 g/mol. The van der Waals surface area contributed by atoms with Crippen LogP contribution in [0, 0.1) is 0 Å². The number of aliphatic hydroxyl groups excluding tert-OH is 1. The Morgan fingerprint density at radius 2 is 1.84 bits per heavy atom. The van der Waals surface area contributed by atoms with Gasteiger partial charge in [-0.2, -0.15) is 0 Å². The zero-order chi connectivity index (χ0) is 22.1. The number of phenols is 1. The minimum atomic E-state index is -0.986. The number of ketones is 1. The van der Waals surface area contributed by atoms with Gasteiger partial charge in [0.2, 0.25) is 0 Å². The maximum Gasteiger partial charge on any atom is 0.301 e. The van der Waals surface area contributed by atoms with Gasteiger partial charge in [-0.25, -0.2) is 4.98 Å². The van der Waals surface area contributed by atoms with Crippen LogP contribution in [0.25, 0.3) is 5.76 Å². The summed E-state index contributed by atoms with van der Waals surface area (Å²) in [6.45, 7) is 0. The van der Waals surface area contributed by atoms with Crippen LogP contribution >= 0.6 is 11.6 Å². The second-order valence-electron chi connectivity index (χ2n) is 6.80. The fourth-order valence-electron chi connectivity index (χ4n) is 3.51. The summed E-state index contributed by atoms with van der Waals surface area (Å²) >= 11 is 5.93. The van der Waals surface area contributed by atoms with Crippen LogP contribution < -0.4 is 9.64 Å². The van der Waals surface area contributed by atoms with E-state index in [4.69, 9.17) is 16.3 Å². The van der Waals surface area contributed by atoms with Crippen molar-refractivity contribution in [2.75, 3.05) is 12.0 Å². The lowest BCUT2D eigenvalue weighted by Crippen LogP contribution is -2.30. The van der Waals surface area contributed by atoms with Gasteiger partial charge < -0.3 is 14.9 Å². The second-order valence-corrected chi connectivity index (χ2v) is 7.23. The van der Waals surface area contributed by atoms with E-state index >= 15 is 0 Å². The summed E-state index contributed by atoms with van der Waals surface area (Å²) in [7, 11) is 1.39. The molecule has 0 aliphatic carbocycles. The fraction of sp³-hybridized carbons (Fsp3) is 0.0870. The normalized spacial score (nSPS) is 17.7. The smallest absolute Gasteiger partial charge is 0.301 e. The Hall–Kier alpha value is -3.84. The van der Waals surface area contributed by atoms with Crippen LogP contribution in [0.4, 0.5) is 5.82 Å². The lowest BCUT2D eigenvalue weighted by atomic mass is 9.95. The summed E-state index contributed by atoms with van der Waals surface area (Å²) in [5.74, 6) is -1.71. The number of carbonyl (C=O) groups is 2. The van der Waals surface area contributed by atoms with Crippen LogP contribution in [-0.2, 0) is 9.59 Å². The van der Waals surface area contributed by atoms with E-state index in [1.54, 1.807) is 48.5 Å². The van der Waals surface area contributed by atoms with Crippen LogP contribution in [-0.4, -0.2) is 34.0 Å². The topological polar surface area (TPSA) is 100.0 Å². The molecule has 0 spiro atoms. The number of aromatic hydroxyl groups is 1. The number of nitrogens with zero attached hydrogens (tertiary/aromatic N) is 2. The molecule has 2 heterocycles. The van der Waals surface area contributed by atoms with E-state index < -0.39 is 17.7 Å². The third-order valence-electron chi connectivity index (χ3n) is 4.98. The van der Waals surface area contributed by atoms with E-state index in [9.17, 15) is 19.8 Å². The SMILES string of the molecule is COc1cc(C2/C(=C(/O)c3ccc(Cl)cc3)C(=O)C(=O)N2c2ccccn2)ccc1O. The summed E-state index contributed by atoms with van der Waals surface area (Å²) in [5, 5.41) is 21.5. The number of hydrogen-bond donors (Lipinski definition) is 2. The quantitative estimate of drug-likeness (QED) is 0.363. The number of benzene rings is 2. The Balaban J connectivity index is 1.96. The third-order valence-corrected chi connectivity index (χ3v) is 5.23. The molecule has 4 rings (SSSR count). The van der Waals surface area contributed by atoms with Gasteiger partial charge in [-0.15, -0.1) is 0 Å². The number of aliphatic hydroxyl groups is 1. The van der Waals surface area contributed by atoms with Crippen molar-refractivity contribution >= 4 is 34.9 Å². The first kappa shape index (κ1) is 20.4. The molecule has 0 saturated carbocycles. The predicted molar refractivity (Wildman–Crippen MR) is 115 cm³/mol. The first-order valence-corrected chi connectivity index (χ1v) is 9.65. The van der Waals surface area contributed by atoms with Crippen molar-refractivity contribution < 1.29 is 24.5 Å². The molecule has 1 aromatic heterocycles. The van der Waals surface area contributed by atoms with Crippen molar-refractivity contribution in [3.63, 3.8) is 0 Å². The first-order valence-electron chi connectivity index (χ1n) is 9.27. The number of ether oxygens (including phenoxy) is 1. The lowest BCUT2D eigenvalue weighted by molar-refractivity contribution is -0.132. The molecule has 2 aromatic carbocycles. The number of hydrogen-bond acceptors (Lipinski definition) is 6. The molecule has 0 radical (unpaired) electrons. The third kappa shape index (κ3) is 3.60. The van der Waals surface area contributed by atoms with Crippen molar-refractivity contribution in [2.24, 2.45) is 0 Å². The van der Waals surface area contributed by atoms with Gasteiger partial charge in [0.1, 0.15) is 11.6 Å². The number of carbonyl (C=O) groups excluding carboxylic acids is 2. The largest absolute Gasteiger partial charge is 0.507 e. The van der Waals surface area contributed by atoms with Crippen LogP contribution in [0.2, 0.25) is 5.02 Å². The number of rotatable bonds is 4. The highest BCUT2D eigenvalue weighted by molar-refractivity contribution is 6.51. The zero-order valence-electron chi connectivity index (χ0n) is 16.3. The Bertz CT molecular complexity index is 1190. The number of phenolic OH excluding ortho intramolecular Hbond substituents is 1. The highest BCUT2D eigenvalue weighted by Gasteiger charge is 2.47. The molecule has 1 amide bonds. The highest BCUT2D eigenvalue weighted by Crippen LogP contribution is 2.43. The van der Waals surface area contributed by atoms with Crippen molar-refractivity contribution in [3.05, 3.63) is 88.6 Å². The van der Waals surface area contributed by atoms with E-state index in [0.29, 0.717) is 16.1 Å². The zero-order valence-corrected chi connectivity index (χ0v) is 17.1. The first-order chi connectivity index (χ1) is 14.9. The standard InChI is InChI=1S/C23H17ClN2O5/c1-31-17-12-14(7-10-16(17)27)20-19(21(28)13-5-8-15(24)9-6-13)22(29)23(30)26(20)18-4-2-3-11-25-18/h2-12,20,27-28H,1H3/b21-19-. The number of anilines is 1. The molecule has 1 aliphatic rings. The summed E-state index contributed by atoms with van der Waals surface area (Å²) in [5.41, 5.74) is 0.680. The second kappa shape index (κ2) is 8.12. The number of Topliss-reactive ketones (excluding diaryl/α,β-unsaturated/α-hetero) is 1. The molecule has 1 atom stereocenters. The summed E-state index contributed by atoms with van der Waals surface area (Å²) in [4.78, 5) is 31.5. The lowest BCUT2D eigenvalue weighted by Gasteiger charge is -2.24. The summed E-state index contributed by atoms with van der Waals surface area (Å²) < 4.78 is 5.19. The molecular formula is C23H17ClN2O5. The number of pyridine rings is 1. The molecule has 1 unspecified atom stereocenters. The van der Waals surface area contributed by atoms with Crippen molar-refractivity contribution in [1.82, 2.24) is 4.98 Å². The number of methoxy groups -OCH3 is 1. The van der Waals surface area contributed by atoms with E-state index in [0.717, 1.165) is 0 Å². The molecule has 3 aromatic rings. The van der Waals surface area contributed by atoms with Crippen LogP contribution in [0.15, 0.2) is 72.4 Å². The number of amides is 1. The molecule has 1 saturated heterocycles. The van der Waals surface area contributed by atoms with Gasteiger partial charge in [-0.3, -0.25) is 14.5 Å². The summed E-state index contributed by atoms with van der Waals surface area (Å²) in [6.07, 6.45) is 1.50. The van der Waals surface area contributed by atoms with E-state index in [2.05, 4.69) is 4.98 Å². The van der Waals surface area contributed by atoms with E-state index in [1.807, 2.05) is 0 Å². The molecule has 8 heteroatoms. The molecule has 1 aliphatic heterocycles. The molecular weight excluding hydrogens is 420 g/mol. The average molecular weight is 437 g/mol. The van der Waals surface area contributed by atoms with Gasteiger partial charge >= 0.3 is 5.91 Å². The molecule has 0 bridgehead atoms. The van der Waals surface area contributed by atoms with Gasteiger partial charge in [0.15, 0.2) is 11.5 Å².